The van der Waals surface area contributed by atoms with Gasteiger partial charge in [0.25, 0.3) is 11.8 Å². The summed E-state index contributed by atoms with van der Waals surface area (Å²) >= 11 is 5.28. The summed E-state index contributed by atoms with van der Waals surface area (Å²) in [5.74, 6) is 0.530. The van der Waals surface area contributed by atoms with Gasteiger partial charge in [-0.3, -0.25) is 9.59 Å². The molecule has 3 aliphatic heterocycles. The van der Waals surface area contributed by atoms with Crippen molar-refractivity contribution in [1.82, 2.24) is 10.0 Å². The van der Waals surface area contributed by atoms with Crippen molar-refractivity contribution in [2.24, 2.45) is 0 Å². The van der Waals surface area contributed by atoms with Gasteiger partial charge < -0.3 is 9.47 Å². The van der Waals surface area contributed by atoms with E-state index in [1.54, 1.807) is 22.2 Å². The second-order valence-corrected chi connectivity index (χ2v) is 16.6. The summed E-state index contributed by atoms with van der Waals surface area (Å²) in [7, 11) is 0. The van der Waals surface area contributed by atoms with Crippen LogP contribution in [0.15, 0.2) is 101 Å². The third-order valence-electron chi connectivity index (χ3n) is 8.48. The molecule has 2 amide bonds. The van der Waals surface area contributed by atoms with Crippen LogP contribution in [0.1, 0.15) is 61.8 Å². The fourth-order valence-electron chi connectivity index (χ4n) is 5.60. The maximum atomic E-state index is 14.0. The number of thioether (sulfide) groups is 4. The lowest BCUT2D eigenvalue weighted by Crippen LogP contribution is -2.42. The van der Waals surface area contributed by atoms with Crippen molar-refractivity contribution in [1.29, 1.82) is 10.5 Å². The lowest BCUT2D eigenvalue weighted by atomic mass is 10.1. The molecule has 3 aliphatic rings. The molecule has 6 rings (SSSR count). The molecule has 8 nitrogen and oxygen atoms in total. The van der Waals surface area contributed by atoms with E-state index in [0.29, 0.717) is 33.1 Å². The van der Waals surface area contributed by atoms with Gasteiger partial charge in [-0.2, -0.15) is 10.5 Å². The minimum Gasteiger partial charge on any atom is -0.486 e. The first-order chi connectivity index (χ1) is 25.3. The van der Waals surface area contributed by atoms with Crippen LogP contribution >= 0.6 is 47.0 Å². The van der Waals surface area contributed by atoms with Gasteiger partial charge >= 0.3 is 0 Å². The van der Waals surface area contributed by atoms with Crippen LogP contribution in [0.4, 0.5) is 0 Å². The van der Waals surface area contributed by atoms with E-state index in [0.717, 1.165) is 67.5 Å². The predicted octanol–water partition coefficient (Wildman–Crippen LogP) is 10.2. The summed E-state index contributed by atoms with van der Waals surface area (Å²) in [4.78, 5) is 31.0. The second-order valence-electron chi connectivity index (χ2n) is 12.0. The van der Waals surface area contributed by atoms with E-state index >= 15 is 0 Å². The molecular formula is C40H36N4O4S4. The van der Waals surface area contributed by atoms with Crippen LogP contribution in [0, 0.1) is 22.7 Å². The zero-order valence-corrected chi connectivity index (χ0v) is 32.2. The minimum atomic E-state index is -0.291. The van der Waals surface area contributed by atoms with Gasteiger partial charge in [0.15, 0.2) is 0 Å². The number of fused-ring (bicyclic) bond motifs is 2. The van der Waals surface area contributed by atoms with E-state index in [1.807, 2.05) is 60.7 Å². The van der Waals surface area contributed by atoms with Crippen molar-refractivity contribution in [2.45, 2.75) is 72.3 Å². The molecule has 3 aromatic rings. The quantitative estimate of drug-likeness (QED) is 0.0894. The highest BCUT2D eigenvalue weighted by atomic mass is 32.2. The Morgan fingerprint density at radius 3 is 1.46 bits per heavy atom. The molecule has 12 heteroatoms. The lowest BCUT2D eigenvalue weighted by molar-refractivity contribution is -0.147. The number of hydrogen-bond donors (Lipinski definition) is 0. The molecule has 0 aliphatic carbocycles. The molecule has 0 bridgehead atoms. The number of carbonyl (C=O) groups excluding carboxylic acids is 2. The molecule has 0 saturated carbocycles. The SMILES string of the molecule is C=Cc1ccc(COc2c3c(c(OCc4ccc(C=C)cc4)c4c2SC(=C2C(=O)N(CCCC)N(CCCC)C2=O)S4)SC(=C(C#N)C#N)S3)cc1. The fraction of sp³-hybridized carbons (Fsp3) is 0.250. The van der Waals surface area contributed by atoms with Gasteiger partial charge in [0.2, 0.25) is 0 Å². The van der Waals surface area contributed by atoms with Gasteiger partial charge in [-0.05, 0) is 35.1 Å². The van der Waals surface area contributed by atoms with Crippen molar-refractivity contribution in [3.63, 3.8) is 0 Å². The zero-order chi connectivity index (χ0) is 36.8. The molecule has 0 atom stereocenters. The molecule has 52 heavy (non-hydrogen) atoms. The summed E-state index contributed by atoms with van der Waals surface area (Å²) in [5.41, 5.74) is 4.02. The molecule has 3 aromatic carbocycles. The van der Waals surface area contributed by atoms with Gasteiger partial charge in [-0.25, -0.2) is 10.0 Å². The summed E-state index contributed by atoms with van der Waals surface area (Å²) in [6, 6.07) is 19.8. The average Bonchev–Trinajstić information content (AvgIpc) is 3.86. The maximum Gasteiger partial charge on any atom is 0.279 e. The first kappa shape index (κ1) is 37.3. The largest absolute Gasteiger partial charge is 0.486 e. The second kappa shape index (κ2) is 16.9. The highest BCUT2D eigenvalue weighted by molar-refractivity contribution is 8.26. The monoisotopic (exact) mass is 764 g/mol. The van der Waals surface area contributed by atoms with E-state index in [1.165, 1.54) is 47.0 Å². The summed E-state index contributed by atoms with van der Waals surface area (Å²) in [5, 5.41) is 22.8. The first-order valence-electron chi connectivity index (χ1n) is 16.9. The number of allylic oxidation sites excluding steroid dienone is 1. The van der Waals surface area contributed by atoms with Crippen LogP contribution in [-0.2, 0) is 22.8 Å². The number of nitrogens with zero attached hydrogens (tertiary/aromatic N) is 4. The standard InChI is InChI=1S/C40H36N4O4S4/c1-5-9-19-43-37(45)30(38(46)44(43)20-10-6-2)40-51-35-31(47-23-27-15-11-25(7-3)12-16-27)33-34(50-39(49-33)29(21-41)22-42)32(36(35)52-40)48-24-28-17-13-26(8-4)14-18-28/h7-8,11-18H,3-6,9-10,19-20,23-24H2,1-2H3. The molecule has 0 unspecified atom stereocenters. The van der Waals surface area contributed by atoms with Gasteiger partial charge in [0, 0.05) is 13.1 Å². The Morgan fingerprint density at radius 1 is 0.692 bits per heavy atom. The van der Waals surface area contributed by atoms with Crippen LogP contribution < -0.4 is 9.47 Å². The molecule has 0 N–H and O–H groups in total. The fourth-order valence-corrected chi connectivity index (χ4v) is 11.0. The Hall–Kier alpha value is -4.46. The number of benzene rings is 3. The number of rotatable bonds is 14. The third-order valence-corrected chi connectivity index (χ3v) is 13.7. The number of hydrazine groups is 1. The van der Waals surface area contributed by atoms with Gasteiger partial charge in [0.05, 0.1) is 28.1 Å². The average molecular weight is 765 g/mol. The number of carbonyl (C=O) groups is 2. The molecule has 0 radical (unpaired) electrons. The van der Waals surface area contributed by atoms with E-state index < -0.39 is 0 Å². The van der Waals surface area contributed by atoms with Crippen molar-refractivity contribution in [2.75, 3.05) is 13.1 Å². The Morgan fingerprint density at radius 2 is 1.10 bits per heavy atom. The molecule has 3 heterocycles. The van der Waals surface area contributed by atoms with Crippen LogP contribution in [0.2, 0.25) is 0 Å². The predicted molar refractivity (Wildman–Crippen MR) is 210 cm³/mol. The van der Waals surface area contributed by atoms with Crippen LogP contribution in [0.5, 0.6) is 11.5 Å². The van der Waals surface area contributed by atoms with Crippen LogP contribution in [-0.4, -0.2) is 34.9 Å². The van der Waals surface area contributed by atoms with E-state index in [-0.39, 0.29) is 36.2 Å². The number of ether oxygens (including phenoxy) is 2. The van der Waals surface area contributed by atoms with Crippen molar-refractivity contribution >= 4 is 71.0 Å². The molecule has 1 fully saturated rings. The first-order valence-corrected chi connectivity index (χ1v) is 20.2. The molecule has 0 spiro atoms. The third kappa shape index (κ3) is 7.53. The van der Waals surface area contributed by atoms with E-state index in [2.05, 4.69) is 27.0 Å². The Bertz CT molecular complexity index is 1940. The number of nitriles is 2. The van der Waals surface area contributed by atoms with E-state index in [4.69, 9.17) is 9.47 Å². The normalized spacial score (nSPS) is 14.7. The van der Waals surface area contributed by atoms with Gasteiger partial charge in [-0.15, -0.1) is 0 Å². The Labute approximate surface area is 321 Å². The highest BCUT2D eigenvalue weighted by Crippen LogP contribution is 2.68. The van der Waals surface area contributed by atoms with Crippen LogP contribution in [0.3, 0.4) is 0 Å². The lowest BCUT2D eigenvalue weighted by Gasteiger charge is -2.27. The number of hydrogen-bond acceptors (Lipinski definition) is 10. The molecule has 264 valence electrons. The highest BCUT2D eigenvalue weighted by Gasteiger charge is 2.46. The zero-order valence-electron chi connectivity index (χ0n) is 28.9. The van der Waals surface area contributed by atoms with Gasteiger partial charge in [-0.1, -0.05) is 148 Å². The minimum absolute atomic E-state index is 0.00731. The van der Waals surface area contributed by atoms with Crippen molar-refractivity contribution in [3.05, 3.63) is 104 Å². The molecule has 1 saturated heterocycles. The Balaban J connectivity index is 1.47. The maximum absolute atomic E-state index is 14.0. The van der Waals surface area contributed by atoms with E-state index in [9.17, 15) is 20.1 Å². The van der Waals surface area contributed by atoms with Crippen molar-refractivity contribution < 1.29 is 19.1 Å². The topological polar surface area (TPSA) is 107 Å². The summed E-state index contributed by atoms with van der Waals surface area (Å²) < 4.78 is 14.4. The van der Waals surface area contributed by atoms with Gasteiger partial charge in [0.1, 0.15) is 48.0 Å². The molecule has 0 aromatic heterocycles. The smallest absolute Gasteiger partial charge is 0.279 e. The number of unbranched alkanes of at least 4 members (excludes halogenated alkanes) is 2. The summed E-state index contributed by atoms with van der Waals surface area (Å²) in [6.45, 7) is 13.2. The van der Waals surface area contributed by atoms with Crippen molar-refractivity contribution in [3.8, 4) is 23.6 Å². The summed E-state index contributed by atoms with van der Waals surface area (Å²) in [6.07, 6.45) is 6.92. The number of amides is 2. The molecular weight excluding hydrogens is 729 g/mol. The Kier molecular flexibility index (Phi) is 12.1. The van der Waals surface area contributed by atoms with Crippen LogP contribution in [0.25, 0.3) is 12.2 Å².